The summed E-state index contributed by atoms with van der Waals surface area (Å²) in [5, 5.41) is 16.4. The molecule has 0 saturated carbocycles. The minimum Gasteiger partial charge on any atom is -0.446 e. The maximum Gasteiger partial charge on any atom is 0.269 e. The number of hydrazone groups is 1. The second-order valence-electron chi connectivity index (χ2n) is 5.46. The molecule has 0 bridgehead atoms. The van der Waals surface area contributed by atoms with Crippen LogP contribution in [0, 0.1) is 17.0 Å². The first-order valence-corrected chi connectivity index (χ1v) is 7.32. The van der Waals surface area contributed by atoms with E-state index in [0.717, 1.165) is 11.1 Å². The Morgan fingerprint density at radius 2 is 1.96 bits per heavy atom. The van der Waals surface area contributed by atoms with Crippen LogP contribution in [0.2, 0.25) is 0 Å². The van der Waals surface area contributed by atoms with Crippen LogP contribution in [0.5, 0.6) is 0 Å². The molecule has 3 rings (SSSR count). The highest BCUT2D eigenvalue weighted by Gasteiger charge is 2.33. The Bertz CT molecular complexity index is 830. The molecule has 1 amide bonds. The first-order valence-electron chi connectivity index (χ1n) is 7.32. The summed E-state index contributed by atoms with van der Waals surface area (Å²) in [7, 11) is 0. The summed E-state index contributed by atoms with van der Waals surface area (Å²) in [4.78, 5) is 22.4. The zero-order chi connectivity index (χ0) is 17.3. The molecule has 1 unspecified atom stereocenters. The standard InChI is InChI=1S/C17H15N3O4/c1-11-6-8-13(9-7-11)16-18-19(12(2)21)17(24-16)14-4-3-5-15(10-14)20(22)23/h3-10,17H,1-2H3. The Balaban J connectivity index is 1.95. The number of nitro benzene ring substituents is 1. The SMILES string of the molecule is CC(=O)N1N=C(c2ccc(C)cc2)OC1c1cccc([N+](=O)[O-])c1. The summed E-state index contributed by atoms with van der Waals surface area (Å²) < 4.78 is 5.81. The molecule has 122 valence electrons. The predicted octanol–water partition coefficient (Wildman–Crippen LogP) is 3.14. The van der Waals surface area contributed by atoms with Gasteiger partial charge >= 0.3 is 0 Å². The van der Waals surface area contributed by atoms with Gasteiger partial charge < -0.3 is 4.74 Å². The smallest absolute Gasteiger partial charge is 0.269 e. The van der Waals surface area contributed by atoms with E-state index in [4.69, 9.17) is 4.74 Å². The number of carbonyl (C=O) groups is 1. The van der Waals surface area contributed by atoms with Crippen LogP contribution in [0.4, 0.5) is 5.69 Å². The number of hydrogen-bond donors (Lipinski definition) is 0. The summed E-state index contributed by atoms with van der Waals surface area (Å²) in [6.45, 7) is 3.34. The third-order valence-electron chi connectivity index (χ3n) is 3.63. The van der Waals surface area contributed by atoms with Crippen molar-refractivity contribution in [2.75, 3.05) is 0 Å². The van der Waals surface area contributed by atoms with E-state index in [1.165, 1.54) is 24.1 Å². The number of non-ortho nitro benzene ring substituents is 1. The van der Waals surface area contributed by atoms with Crippen molar-refractivity contribution in [1.29, 1.82) is 0 Å². The van der Waals surface area contributed by atoms with Crippen molar-refractivity contribution in [3.8, 4) is 0 Å². The van der Waals surface area contributed by atoms with Gasteiger partial charge in [-0.2, -0.15) is 5.01 Å². The molecule has 0 spiro atoms. The fraction of sp³-hybridized carbons (Fsp3) is 0.176. The number of carbonyl (C=O) groups excluding carboxylic acids is 1. The van der Waals surface area contributed by atoms with Crippen LogP contribution in [0.3, 0.4) is 0 Å². The number of nitro groups is 1. The van der Waals surface area contributed by atoms with E-state index < -0.39 is 11.2 Å². The van der Waals surface area contributed by atoms with Crippen molar-refractivity contribution >= 4 is 17.5 Å². The molecule has 1 aliphatic rings. The van der Waals surface area contributed by atoms with E-state index >= 15 is 0 Å². The lowest BCUT2D eigenvalue weighted by atomic mass is 10.1. The summed E-state index contributed by atoms with van der Waals surface area (Å²) in [6.07, 6.45) is -0.821. The quantitative estimate of drug-likeness (QED) is 0.641. The average Bonchev–Trinajstić information content (AvgIpc) is 3.01. The Labute approximate surface area is 138 Å². The fourth-order valence-electron chi connectivity index (χ4n) is 2.39. The van der Waals surface area contributed by atoms with Gasteiger partial charge in [-0.3, -0.25) is 14.9 Å². The van der Waals surface area contributed by atoms with Crippen molar-refractivity contribution in [3.63, 3.8) is 0 Å². The van der Waals surface area contributed by atoms with Gasteiger partial charge in [-0.05, 0) is 19.1 Å². The van der Waals surface area contributed by atoms with Crippen LogP contribution in [-0.2, 0) is 9.53 Å². The fourth-order valence-corrected chi connectivity index (χ4v) is 2.39. The number of amides is 1. The molecule has 0 saturated heterocycles. The molecule has 0 aromatic heterocycles. The van der Waals surface area contributed by atoms with E-state index in [-0.39, 0.29) is 11.6 Å². The van der Waals surface area contributed by atoms with Gasteiger partial charge in [0.25, 0.3) is 5.69 Å². The van der Waals surface area contributed by atoms with Gasteiger partial charge in [0.2, 0.25) is 18.0 Å². The molecule has 1 aliphatic heterocycles. The van der Waals surface area contributed by atoms with Crippen molar-refractivity contribution in [3.05, 3.63) is 75.3 Å². The van der Waals surface area contributed by atoms with Gasteiger partial charge in [0.15, 0.2) is 0 Å². The van der Waals surface area contributed by atoms with Gasteiger partial charge in [0, 0.05) is 30.2 Å². The second kappa shape index (κ2) is 6.11. The number of ether oxygens (including phenoxy) is 1. The molecule has 2 aromatic carbocycles. The first kappa shape index (κ1) is 15.7. The number of benzene rings is 2. The summed E-state index contributed by atoms with van der Waals surface area (Å²) >= 11 is 0. The summed E-state index contributed by atoms with van der Waals surface area (Å²) in [6, 6.07) is 13.5. The number of hydrogen-bond acceptors (Lipinski definition) is 5. The van der Waals surface area contributed by atoms with E-state index in [2.05, 4.69) is 5.10 Å². The lowest BCUT2D eigenvalue weighted by Crippen LogP contribution is -2.25. The number of aryl methyl sites for hydroxylation is 1. The zero-order valence-electron chi connectivity index (χ0n) is 13.2. The molecule has 7 nitrogen and oxygen atoms in total. The molecule has 0 fully saturated rings. The molecule has 0 aliphatic carbocycles. The summed E-state index contributed by atoms with van der Waals surface area (Å²) in [5.74, 6) is -0.00433. The highest BCUT2D eigenvalue weighted by atomic mass is 16.6. The number of nitrogens with zero attached hydrogens (tertiary/aromatic N) is 3. The lowest BCUT2D eigenvalue weighted by molar-refractivity contribution is -0.385. The van der Waals surface area contributed by atoms with Crippen molar-refractivity contribution in [2.45, 2.75) is 20.1 Å². The molecule has 0 radical (unpaired) electrons. The highest BCUT2D eigenvalue weighted by Crippen LogP contribution is 2.31. The minimum atomic E-state index is -0.821. The van der Waals surface area contributed by atoms with Crippen molar-refractivity contribution < 1.29 is 14.5 Å². The van der Waals surface area contributed by atoms with Crippen LogP contribution in [0.15, 0.2) is 53.6 Å². The normalized spacial score (nSPS) is 16.5. The van der Waals surface area contributed by atoms with E-state index in [0.29, 0.717) is 11.5 Å². The average molecular weight is 325 g/mol. The Morgan fingerprint density at radius 1 is 1.25 bits per heavy atom. The molecule has 24 heavy (non-hydrogen) atoms. The minimum absolute atomic E-state index is 0.0663. The maximum absolute atomic E-state index is 11.9. The van der Waals surface area contributed by atoms with E-state index in [9.17, 15) is 14.9 Å². The Morgan fingerprint density at radius 3 is 2.58 bits per heavy atom. The van der Waals surface area contributed by atoms with Crippen LogP contribution in [0.25, 0.3) is 0 Å². The van der Waals surface area contributed by atoms with Gasteiger partial charge in [-0.25, -0.2) is 0 Å². The van der Waals surface area contributed by atoms with Crippen molar-refractivity contribution in [2.24, 2.45) is 5.10 Å². The van der Waals surface area contributed by atoms with Gasteiger partial charge in [-0.1, -0.05) is 29.8 Å². The Hall–Kier alpha value is -3.22. The third kappa shape index (κ3) is 2.96. The molecule has 1 heterocycles. The highest BCUT2D eigenvalue weighted by molar-refractivity contribution is 5.96. The van der Waals surface area contributed by atoms with Gasteiger partial charge in [0.1, 0.15) is 0 Å². The first-order chi connectivity index (χ1) is 11.5. The van der Waals surface area contributed by atoms with Gasteiger partial charge in [0.05, 0.1) is 4.92 Å². The van der Waals surface area contributed by atoms with Gasteiger partial charge in [-0.15, -0.1) is 5.10 Å². The molecule has 7 heteroatoms. The predicted molar refractivity (Wildman–Crippen MR) is 87.2 cm³/mol. The molecular weight excluding hydrogens is 310 g/mol. The third-order valence-corrected chi connectivity index (χ3v) is 3.63. The lowest BCUT2D eigenvalue weighted by Gasteiger charge is -2.19. The largest absolute Gasteiger partial charge is 0.446 e. The zero-order valence-corrected chi connectivity index (χ0v) is 13.2. The number of rotatable bonds is 3. The van der Waals surface area contributed by atoms with Crippen LogP contribution in [0.1, 0.15) is 29.8 Å². The maximum atomic E-state index is 11.9. The topological polar surface area (TPSA) is 85.0 Å². The molecule has 1 atom stereocenters. The Kier molecular flexibility index (Phi) is 3.99. The monoisotopic (exact) mass is 325 g/mol. The van der Waals surface area contributed by atoms with Crippen molar-refractivity contribution in [1.82, 2.24) is 5.01 Å². The van der Waals surface area contributed by atoms with E-state index in [1.807, 2.05) is 31.2 Å². The van der Waals surface area contributed by atoms with Crippen LogP contribution < -0.4 is 0 Å². The molecule has 2 aromatic rings. The van der Waals surface area contributed by atoms with Crippen LogP contribution >= 0.6 is 0 Å². The van der Waals surface area contributed by atoms with Crippen LogP contribution in [-0.4, -0.2) is 21.7 Å². The molecular formula is C17H15N3O4. The second-order valence-corrected chi connectivity index (χ2v) is 5.46. The molecule has 0 N–H and O–H groups in total. The summed E-state index contributed by atoms with van der Waals surface area (Å²) in [5.41, 5.74) is 2.25. The van der Waals surface area contributed by atoms with E-state index in [1.54, 1.807) is 12.1 Å².